The molecule has 0 unspecified atom stereocenters. The van der Waals surface area contributed by atoms with Crippen LogP contribution in [0.3, 0.4) is 0 Å². The third-order valence-corrected chi connectivity index (χ3v) is 21.1. The van der Waals surface area contributed by atoms with Crippen LogP contribution in [0.25, 0.3) is 10.9 Å². The molecule has 1 aromatic heterocycles. The highest BCUT2D eigenvalue weighted by atomic mass is 32.1. The highest BCUT2D eigenvalue weighted by Crippen LogP contribution is 2.25. The summed E-state index contributed by atoms with van der Waals surface area (Å²) in [6.07, 6.45) is -0.954. The van der Waals surface area contributed by atoms with Crippen molar-refractivity contribution in [3.8, 4) is 0 Å². The molecule has 672 valence electrons. The molecule has 0 saturated carbocycles. The number of H-pyrrole nitrogens is 1. The third-order valence-electron chi connectivity index (χ3n) is 20.7. The van der Waals surface area contributed by atoms with E-state index in [1.807, 2.05) is 12.1 Å². The average molecular weight is 1730 g/mol. The fourth-order valence-electron chi connectivity index (χ4n) is 13.8. The molecule has 28 N–H and O–H groups in total. The lowest BCUT2D eigenvalue weighted by Gasteiger charge is -2.32. The zero-order valence-corrected chi connectivity index (χ0v) is 69.8. The number of fused-ring (bicyclic) bond motifs is 1. The van der Waals surface area contributed by atoms with Crippen LogP contribution in [0.2, 0.25) is 0 Å². The minimum Gasteiger partial charge on any atom is -0.481 e. The van der Waals surface area contributed by atoms with Crippen LogP contribution in [-0.4, -0.2) is 271 Å². The Balaban J connectivity index is 1.26. The lowest BCUT2D eigenvalue weighted by Crippen LogP contribution is -2.61. The number of carboxylic acid groups (broad SMARTS) is 4. The fraction of sp³-hybridized carbons (Fsp3) is 0.577. The van der Waals surface area contributed by atoms with Gasteiger partial charge in [0.2, 0.25) is 76.8 Å². The van der Waals surface area contributed by atoms with Crippen molar-refractivity contribution in [1.29, 1.82) is 10.8 Å². The van der Waals surface area contributed by atoms with Crippen molar-refractivity contribution >= 4 is 136 Å². The number of nitrogens with one attached hydrogen (secondary N) is 16. The summed E-state index contributed by atoms with van der Waals surface area (Å²) in [5, 5.41) is 88.4. The number of unbranched alkanes of at least 4 members (excludes halogenated alkanes) is 1. The number of carboxylic acids is 4. The summed E-state index contributed by atoms with van der Waals surface area (Å²) in [7, 11) is 0. The summed E-state index contributed by atoms with van der Waals surface area (Å²) in [5.41, 5.74) is 25.0. The predicted octanol–water partition coefficient (Wildman–Crippen LogP) is -4.20. The molecule has 3 heterocycles. The molecule has 43 nitrogen and oxygen atoms in total. The smallest absolute Gasteiger partial charge is 0.326 e. The molecular formula is C78H118N22O21S. The SMILES string of the molecule is CC[C@H](C)[C@H](NC(=O)[C@H](CCC(=O)O)NC(=O)[C@H](CCCCN)NC(=O)[C@H](CC(=O)O)NC(=O)[C@H](CCCNC(=N)N)NC(=O)[C@@H](N)Cc1ccccc1)C(=O)N[C@@H](CS)C(=O)N[C@@H](C)C(=O)N[C@@H](CC(=O)O)C(=O)N1CCC[C@H]1C(=O)N[C@@H](CCCNC(=N)N)C(=O)N[C@H](C(=O)N1CCC[C@H]1C(=O)N[C@@H](Cc1c[nH]c2ccccc12)C(=O)O)C(C)C. The van der Waals surface area contributed by atoms with Gasteiger partial charge in [0.05, 0.1) is 18.9 Å². The summed E-state index contributed by atoms with van der Waals surface area (Å²) in [4.78, 5) is 239. The van der Waals surface area contributed by atoms with Gasteiger partial charge in [-0.2, -0.15) is 12.6 Å². The Kier molecular flexibility index (Phi) is 41.2. The topological polar surface area (TPSA) is 702 Å². The van der Waals surface area contributed by atoms with Gasteiger partial charge in [0.25, 0.3) is 0 Å². The number of aliphatic carboxylic acids is 4. The molecule has 2 aromatic carbocycles. The number of amides is 13. The predicted molar refractivity (Wildman–Crippen MR) is 445 cm³/mol. The second-order valence-corrected chi connectivity index (χ2v) is 30.8. The quantitative estimate of drug-likeness (QED) is 0.0110. The van der Waals surface area contributed by atoms with Gasteiger partial charge in [-0.3, -0.25) is 87.5 Å². The maximum atomic E-state index is 14.5. The summed E-state index contributed by atoms with van der Waals surface area (Å²) in [5.74, 6) is -21.4. The lowest BCUT2D eigenvalue weighted by molar-refractivity contribution is -0.146. The van der Waals surface area contributed by atoms with Crippen LogP contribution in [0.1, 0.15) is 148 Å². The van der Waals surface area contributed by atoms with E-state index < -0.39 is 240 Å². The summed E-state index contributed by atoms with van der Waals surface area (Å²) in [6, 6.07) is -5.42. The molecule has 2 aliphatic rings. The third kappa shape index (κ3) is 32.1. The Morgan fingerprint density at radius 2 is 0.959 bits per heavy atom. The van der Waals surface area contributed by atoms with Crippen LogP contribution in [0.4, 0.5) is 0 Å². The number of benzene rings is 2. The van der Waals surface area contributed by atoms with E-state index in [4.69, 9.17) is 33.8 Å². The van der Waals surface area contributed by atoms with Gasteiger partial charge in [0.15, 0.2) is 11.9 Å². The van der Waals surface area contributed by atoms with E-state index in [1.54, 1.807) is 69.4 Å². The van der Waals surface area contributed by atoms with Crippen molar-refractivity contribution in [2.75, 3.05) is 38.5 Å². The van der Waals surface area contributed by atoms with Gasteiger partial charge in [-0.05, 0) is 126 Å². The second-order valence-electron chi connectivity index (χ2n) is 30.5. The number of likely N-dealkylation sites (tertiary alicyclic amines) is 2. The molecule has 0 aliphatic carbocycles. The number of nitrogens with zero attached hydrogens (tertiary/aromatic N) is 2. The van der Waals surface area contributed by atoms with Crippen LogP contribution in [-0.2, 0) is 94.3 Å². The number of hydrogen-bond acceptors (Lipinski definition) is 22. The minimum absolute atomic E-state index is 0.0256. The van der Waals surface area contributed by atoms with E-state index in [0.717, 1.165) is 22.7 Å². The van der Waals surface area contributed by atoms with Crippen molar-refractivity contribution < 1.29 is 102 Å². The van der Waals surface area contributed by atoms with Crippen molar-refractivity contribution in [2.45, 2.75) is 235 Å². The van der Waals surface area contributed by atoms with Gasteiger partial charge in [-0.15, -0.1) is 0 Å². The zero-order valence-electron chi connectivity index (χ0n) is 68.9. The van der Waals surface area contributed by atoms with Gasteiger partial charge in [-0.25, -0.2) is 4.79 Å². The van der Waals surface area contributed by atoms with Gasteiger partial charge in [-0.1, -0.05) is 82.6 Å². The molecule has 5 rings (SSSR count). The van der Waals surface area contributed by atoms with Gasteiger partial charge in [0, 0.05) is 61.9 Å². The number of hydrogen-bond donors (Lipinski definition) is 25. The Morgan fingerprint density at radius 3 is 1.48 bits per heavy atom. The first-order valence-electron chi connectivity index (χ1n) is 40.4. The number of carbonyl (C=O) groups is 17. The number of thiol groups is 1. The first-order chi connectivity index (χ1) is 57.8. The van der Waals surface area contributed by atoms with Gasteiger partial charge in [0.1, 0.15) is 78.5 Å². The van der Waals surface area contributed by atoms with Crippen LogP contribution >= 0.6 is 12.6 Å². The molecular weight excluding hydrogens is 1610 g/mol. The molecule has 13 amide bonds. The minimum atomic E-state index is -1.93. The monoisotopic (exact) mass is 1730 g/mol. The molecule has 122 heavy (non-hydrogen) atoms. The Hall–Kier alpha value is -12.2. The average Bonchev–Trinajstić information content (AvgIpc) is 1.65. The van der Waals surface area contributed by atoms with Crippen LogP contribution in [0.5, 0.6) is 0 Å². The number of para-hydroxylation sites is 1. The molecule has 2 aliphatic heterocycles. The maximum Gasteiger partial charge on any atom is 0.326 e. The van der Waals surface area contributed by atoms with Crippen LogP contribution < -0.4 is 92.1 Å². The summed E-state index contributed by atoms with van der Waals surface area (Å²) in [6.45, 7) is 7.68. The van der Waals surface area contributed by atoms with E-state index >= 15 is 0 Å². The van der Waals surface area contributed by atoms with Crippen LogP contribution in [0, 0.1) is 22.7 Å². The number of aromatic nitrogens is 1. The van der Waals surface area contributed by atoms with E-state index in [-0.39, 0.29) is 116 Å². The molecule has 3 aromatic rings. The molecule has 2 saturated heterocycles. The Morgan fingerprint density at radius 1 is 0.500 bits per heavy atom. The van der Waals surface area contributed by atoms with Crippen molar-refractivity contribution in [1.82, 2.24) is 83.9 Å². The van der Waals surface area contributed by atoms with E-state index in [9.17, 15) is 102 Å². The number of rotatable bonds is 52. The standard InChI is InChI=1S/C78H118N22O21S/c1-6-41(4)62(98-68(112)51(27-28-58(101)102)91-65(109)48(22-12-13-29-79)90-69(113)52(36-59(103)104)93-66(110)49(23-14-30-85-77(81)82)89-64(108)46(80)34-43-18-8-7-9-19-43)73(117)96-55(39-122)70(114)88-42(5)63(107)94-53(37-60(105)106)74(118)99-32-16-25-56(99)71(115)92-50(24-15-31-86-78(83)84)67(111)97-61(40(2)3)75(119)100-33-17-26-57(100)72(116)95-54(76(120)121)35-44-38-87-47-21-11-10-20-45(44)47/h7-11,18-21,38,40-42,46,48-57,61-62,87,122H,6,12-17,22-37,39,79-80H2,1-5H3,(H,88,114)(H,89,108)(H,90,113)(H,91,109)(H,92,115)(H,93,110)(H,94,107)(H,95,116)(H,96,117)(H,97,111)(H,98,112)(H,101,102)(H,103,104)(H,105,106)(H,120,121)(H4,81,82,85)(H4,83,84,86)/t41-,42-,46-,48-,49-,50-,51-,52-,53-,54-,55-,56-,57-,61-,62-/m0/s1. The zero-order chi connectivity index (χ0) is 90.6. The van der Waals surface area contributed by atoms with E-state index in [2.05, 4.69) is 86.7 Å². The van der Waals surface area contributed by atoms with E-state index in [1.165, 1.54) is 11.8 Å². The van der Waals surface area contributed by atoms with Gasteiger partial charge >= 0.3 is 23.9 Å². The summed E-state index contributed by atoms with van der Waals surface area (Å²) < 4.78 is 0. The maximum absolute atomic E-state index is 14.5. The molecule has 0 radical (unpaired) electrons. The Labute approximate surface area is 709 Å². The number of nitrogens with two attached hydrogens (primary N) is 4. The normalized spacial score (nSPS) is 16.9. The number of carbonyl (C=O) groups excluding carboxylic acids is 13. The first-order valence-corrected chi connectivity index (χ1v) is 41.1. The Bertz CT molecular complexity index is 4190. The molecule has 2 fully saturated rings. The largest absolute Gasteiger partial charge is 0.481 e. The van der Waals surface area contributed by atoms with Crippen LogP contribution in [0.15, 0.2) is 60.8 Å². The van der Waals surface area contributed by atoms with Crippen molar-refractivity contribution in [3.05, 3.63) is 71.9 Å². The highest BCUT2D eigenvalue weighted by Gasteiger charge is 2.44. The summed E-state index contributed by atoms with van der Waals surface area (Å²) >= 11 is 4.24. The van der Waals surface area contributed by atoms with Crippen molar-refractivity contribution in [2.24, 2.45) is 34.8 Å². The molecule has 0 bridgehead atoms. The van der Waals surface area contributed by atoms with Crippen molar-refractivity contribution in [3.63, 3.8) is 0 Å². The van der Waals surface area contributed by atoms with Gasteiger partial charge < -0.3 is 127 Å². The highest BCUT2D eigenvalue weighted by molar-refractivity contribution is 7.80. The fourth-order valence-corrected chi connectivity index (χ4v) is 14.1. The molecule has 15 atom stereocenters. The van der Waals surface area contributed by atoms with E-state index in [0.29, 0.717) is 17.5 Å². The number of guanidine groups is 2. The number of aromatic amines is 1. The lowest BCUT2D eigenvalue weighted by atomic mass is 9.97. The first kappa shape index (κ1) is 100. The molecule has 44 heteroatoms. The second kappa shape index (κ2) is 50.1. The molecule has 0 spiro atoms.